The molecular formula is C19H23N3O5S2. The lowest BCUT2D eigenvalue weighted by atomic mass is 10.2. The van der Waals surface area contributed by atoms with E-state index in [1.165, 1.54) is 29.4 Å². The van der Waals surface area contributed by atoms with Crippen LogP contribution in [-0.2, 0) is 24.8 Å². The van der Waals surface area contributed by atoms with E-state index in [9.17, 15) is 21.6 Å². The smallest absolute Gasteiger partial charge is 0.262 e. The van der Waals surface area contributed by atoms with E-state index in [4.69, 9.17) is 0 Å². The number of rotatable bonds is 5. The van der Waals surface area contributed by atoms with Crippen molar-refractivity contribution in [2.24, 2.45) is 0 Å². The first-order valence-electron chi connectivity index (χ1n) is 9.10. The highest BCUT2D eigenvalue weighted by atomic mass is 32.2. The van der Waals surface area contributed by atoms with Gasteiger partial charge in [0, 0.05) is 24.8 Å². The fourth-order valence-corrected chi connectivity index (χ4v) is 6.10. The molecule has 0 unspecified atom stereocenters. The van der Waals surface area contributed by atoms with Gasteiger partial charge in [0.25, 0.3) is 10.0 Å². The van der Waals surface area contributed by atoms with Gasteiger partial charge in [-0.1, -0.05) is 6.07 Å². The van der Waals surface area contributed by atoms with Crippen molar-refractivity contribution in [2.45, 2.75) is 31.6 Å². The fourth-order valence-electron chi connectivity index (χ4n) is 3.15. The zero-order valence-electron chi connectivity index (χ0n) is 16.2. The van der Waals surface area contributed by atoms with E-state index in [0.717, 1.165) is 6.42 Å². The van der Waals surface area contributed by atoms with E-state index in [0.29, 0.717) is 35.6 Å². The van der Waals surface area contributed by atoms with Gasteiger partial charge in [-0.05, 0) is 61.7 Å². The van der Waals surface area contributed by atoms with Crippen molar-refractivity contribution in [1.82, 2.24) is 0 Å². The number of hydrogen-bond acceptors (Lipinski definition) is 5. The first-order valence-corrected chi connectivity index (χ1v) is 12.2. The molecule has 1 aliphatic rings. The molecule has 1 fully saturated rings. The van der Waals surface area contributed by atoms with Crippen molar-refractivity contribution < 1.29 is 21.6 Å². The van der Waals surface area contributed by atoms with E-state index in [1.807, 2.05) is 0 Å². The van der Waals surface area contributed by atoms with Crippen LogP contribution in [0.15, 0.2) is 47.4 Å². The molecule has 1 amide bonds. The molecule has 1 saturated heterocycles. The molecule has 0 radical (unpaired) electrons. The van der Waals surface area contributed by atoms with Gasteiger partial charge in [-0.2, -0.15) is 0 Å². The lowest BCUT2D eigenvalue weighted by Crippen LogP contribution is -2.38. The van der Waals surface area contributed by atoms with E-state index in [2.05, 4.69) is 10.0 Å². The summed E-state index contributed by atoms with van der Waals surface area (Å²) in [6, 6.07) is 10.9. The molecule has 29 heavy (non-hydrogen) atoms. The van der Waals surface area contributed by atoms with E-state index >= 15 is 0 Å². The van der Waals surface area contributed by atoms with Crippen LogP contribution < -0.4 is 14.3 Å². The van der Waals surface area contributed by atoms with Gasteiger partial charge in [0.1, 0.15) is 0 Å². The van der Waals surface area contributed by atoms with E-state index < -0.39 is 20.0 Å². The molecule has 1 heterocycles. The average molecular weight is 438 g/mol. The summed E-state index contributed by atoms with van der Waals surface area (Å²) in [4.78, 5) is 11.1. The van der Waals surface area contributed by atoms with E-state index in [1.54, 1.807) is 31.2 Å². The summed E-state index contributed by atoms with van der Waals surface area (Å²) in [5.74, 6) is -0.166. The monoisotopic (exact) mass is 437 g/mol. The van der Waals surface area contributed by atoms with Crippen molar-refractivity contribution in [2.75, 3.05) is 26.6 Å². The van der Waals surface area contributed by atoms with Crippen molar-refractivity contribution in [1.29, 1.82) is 0 Å². The summed E-state index contributed by atoms with van der Waals surface area (Å²) < 4.78 is 54.4. The van der Waals surface area contributed by atoms with Crippen LogP contribution in [-0.4, -0.2) is 35.0 Å². The molecule has 1 aliphatic heterocycles. The number of hydrogen-bond donors (Lipinski definition) is 2. The Hall–Kier alpha value is -2.59. The summed E-state index contributed by atoms with van der Waals surface area (Å²) in [5.41, 5.74) is 1.73. The molecule has 2 aromatic carbocycles. The summed E-state index contributed by atoms with van der Waals surface area (Å²) in [6.07, 6.45) is 1.33. The van der Waals surface area contributed by atoms with Gasteiger partial charge >= 0.3 is 0 Å². The first kappa shape index (κ1) is 21.1. The standard InChI is InChI=1S/C19H23N3O5S2/c1-14-5-10-18(22-11-3-4-12-28(22,24)25)13-19(14)29(26,27)21-17-8-6-16(7-9-17)20-15(2)23/h5-10,13,21H,3-4,11-12H2,1-2H3,(H,20,23). The van der Waals surface area contributed by atoms with Crippen molar-refractivity contribution in [3.63, 3.8) is 0 Å². The van der Waals surface area contributed by atoms with Crippen LogP contribution in [0.2, 0.25) is 0 Å². The molecule has 0 aromatic heterocycles. The molecule has 0 bridgehead atoms. The number of carbonyl (C=O) groups excluding carboxylic acids is 1. The second-order valence-electron chi connectivity index (χ2n) is 6.91. The molecular weight excluding hydrogens is 414 g/mol. The number of sulfonamides is 2. The number of amides is 1. The second-order valence-corrected chi connectivity index (χ2v) is 10.6. The molecule has 2 aromatic rings. The largest absolute Gasteiger partial charge is 0.326 e. The minimum Gasteiger partial charge on any atom is -0.326 e. The van der Waals surface area contributed by atoms with Crippen molar-refractivity contribution >= 4 is 43.0 Å². The lowest BCUT2D eigenvalue weighted by molar-refractivity contribution is -0.114. The molecule has 2 N–H and O–H groups in total. The van der Waals surface area contributed by atoms with Crippen LogP contribution >= 0.6 is 0 Å². The fraction of sp³-hybridized carbons (Fsp3) is 0.316. The summed E-state index contributed by atoms with van der Waals surface area (Å²) in [5, 5.41) is 2.61. The van der Waals surface area contributed by atoms with Crippen LogP contribution in [0.25, 0.3) is 0 Å². The first-order chi connectivity index (χ1) is 13.6. The van der Waals surface area contributed by atoms with Gasteiger partial charge in [0.05, 0.1) is 16.3 Å². The summed E-state index contributed by atoms with van der Waals surface area (Å²) in [6.45, 7) is 3.38. The Bertz CT molecular complexity index is 1130. The minimum atomic E-state index is -3.94. The Morgan fingerprint density at radius 1 is 1.03 bits per heavy atom. The van der Waals surface area contributed by atoms with Crippen molar-refractivity contribution in [3.8, 4) is 0 Å². The SMILES string of the molecule is CC(=O)Nc1ccc(NS(=O)(=O)c2cc(N3CCCCS3(=O)=O)ccc2C)cc1. The highest BCUT2D eigenvalue weighted by Crippen LogP contribution is 2.29. The van der Waals surface area contributed by atoms with Gasteiger partial charge in [0.15, 0.2) is 0 Å². The topological polar surface area (TPSA) is 113 Å². The Morgan fingerprint density at radius 2 is 1.69 bits per heavy atom. The normalized spacial score (nSPS) is 16.3. The predicted molar refractivity (Wildman–Crippen MR) is 113 cm³/mol. The third-order valence-electron chi connectivity index (χ3n) is 4.56. The summed E-state index contributed by atoms with van der Waals surface area (Å²) >= 11 is 0. The van der Waals surface area contributed by atoms with Crippen LogP contribution in [0, 0.1) is 6.92 Å². The Morgan fingerprint density at radius 3 is 2.31 bits per heavy atom. The van der Waals surface area contributed by atoms with Crippen LogP contribution in [0.5, 0.6) is 0 Å². The quantitative estimate of drug-likeness (QED) is 0.747. The van der Waals surface area contributed by atoms with Crippen molar-refractivity contribution in [3.05, 3.63) is 48.0 Å². The van der Waals surface area contributed by atoms with E-state index in [-0.39, 0.29) is 16.6 Å². The van der Waals surface area contributed by atoms with Gasteiger partial charge in [-0.3, -0.25) is 13.8 Å². The number of nitrogens with zero attached hydrogens (tertiary/aromatic N) is 1. The van der Waals surface area contributed by atoms with Gasteiger partial charge in [-0.15, -0.1) is 0 Å². The van der Waals surface area contributed by atoms with Crippen LogP contribution in [0.3, 0.4) is 0 Å². The van der Waals surface area contributed by atoms with Gasteiger partial charge < -0.3 is 5.32 Å². The lowest BCUT2D eigenvalue weighted by Gasteiger charge is -2.28. The second kappa shape index (κ2) is 8.03. The Balaban J connectivity index is 1.89. The summed E-state index contributed by atoms with van der Waals surface area (Å²) in [7, 11) is -7.38. The van der Waals surface area contributed by atoms with Crippen LogP contribution in [0.1, 0.15) is 25.3 Å². The Kier molecular flexibility index (Phi) is 5.85. The van der Waals surface area contributed by atoms with Gasteiger partial charge in [0.2, 0.25) is 15.9 Å². The number of carbonyl (C=O) groups is 1. The zero-order valence-corrected chi connectivity index (χ0v) is 17.8. The predicted octanol–water partition coefficient (Wildman–Crippen LogP) is 2.68. The maximum absolute atomic E-state index is 12.9. The maximum atomic E-state index is 12.9. The molecule has 0 saturated carbocycles. The molecule has 0 aliphatic carbocycles. The number of benzene rings is 2. The number of anilines is 3. The zero-order chi connectivity index (χ0) is 21.2. The number of aryl methyl sites for hydroxylation is 1. The third-order valence-corrected chi connectivity index (χ3v) is 7.95. The minimum absolute atomic E-state index is 0.0155. The average Bonchev–Trinajstić information content (AvgIpc) is 2.63. The molecule has 10 heteroatoms. The maximum Gasteiger partial charge on any atom is 0.262 e. The third kappa shape index (κ3) is 4.88. The van der Waals surface area contributed by atoms with Gasteiger partial charge in [-0.25, -0.2) is 16.8 Å². The molecule has 0 spiro atoms. The van der Waals surface area contributed by atoms with Crippen LogP contribution in [0.4, 0.5) is 17.1 Å². The molecule has 3 rings (SSSR count). The highest BCUT2D eigenvalue weighted by Gasteiger charge is 2.27. The molecule has 0 atom stereocenters. The Labute approximate surface area is 171 Å². The number of nitrogens with one attached hydrogen (secondary N) is 2. The molecule has 8 nitrogen and oxygen atoms in total. The highest BCUT2D eigenvalue weighted by molar-refractivity contribution is 7.93. The molecule has 156 valence electrons.